The molecule has 358 valence electrons. The van der Waals surface area contributed by atoms with Gasteiger partial charge in [-0.25, -0.2) is 9.78 Å². The lowest BCUT2D eigenvalue weighted by Crippen LogP contribution is -2.58. The summed E-state index contributed by atoms with van der Waals surface area (Å²) in [5, 5.41) is 26.2. The minimum atomic E-state index is -5.08. The summed E-state index contributed by atoms with van der Waals surface area (Å²) in [6.07, 6.45) is 0.376. The summed E-state index contributed by atoms with van der Waals surface area (Å²) >= 11 is 1.57. The molecule has 0 unspecified atom stereocenters. The number of aliphatic carboxylic acids is 1. The van der Waals surface area contributed by atoms with Crippen LogP contribution < -0.4 is 15.4 Å². The Morgan fingerprint density at radius 2 is 1.77 bits per heavy atom. The number of hydrogen-bond acceptors (Lipinski definition) is 12. The van der Waals surface area contributed by atoms with Crippen LogP contribution in [0.5, 0.6) is 11.5 Å². The van der Waals surface area contributed by atoms with Gasteiger partial charge in [-0.15, -0.1) is 11.3 Å². The molecule has 1 atom stereocenters. The van der Waals surface area contributed by atoms with Gasteiger partial charge in [0.05, 0.1) is 43.4 Å². The van der Waals surface area contributed by atoms with Gasteiger partial charge in [-0.2, -0.15) is 13.2 Å². The molecule has 65 heavy (non-hydrogen) atoms. The number of hydrogen-bond donors (Lipinski definition) is 4. The number of amides is 3. The monoisotopic (exact) mass is 932 g/mol. The van der Waals surface area contributed by atoms with Gasteiger partial charge in [0.1, 0.15) is 17.1 Å². The van der Waals surface area contributed by atoms with Gasteiger partial charge >= 0.3 is 12.1 Å². The smallest absolute Gasteiger partial charge is 0.490 e. The van der Waals surface area contributed by atoms with Crippen LogP contribution >= 0.6 is 11.3 Å². The van der Waals surface area contributed by atoms with Crippen molar-refractivity contribution in [3.8, 4) is 11.5 Å². The Morgan fingerprint density at radius 1 is 1.05 bits per heavy atom. The number of carbonyl (C=O) groups is 4. The number of phenolic OH excluding ortho intramolecular Hbond substituents is 1. The van der Waals surface area contributed by atoms with Gasteiger partial charge in [-0.1, -0.05) is 51.1 Å². The third kappa shape index (κ3) is 15.1. The molecule has 2 saturated heterocycles. The third-order valence-corrected chi connectivity index (χ3v) is 13.0. The molecule has 0 aliphatic carbocycles. The molecule has 2 fully saturated rings. The van der Waals surface area contributed by atoms with Crippen molar-refractivity contribution in [2.45, 2.75) is 96.4 Å². The first-order chi connectivity index (χ1) is 31.0. The molecule has 2 aromatic carbocycles. The molecule has 0 radical (unpaired) electrons. The molecule has 3 amide bonds. The van der Waals surface area contributed by atoms with Gasteiger partial charge in [0.2, 0.25) is 5.91 Å². The minimum Gasteiger partial charge on any atom is -0.506 e. The van der Waals surface area contributed by atoms with Gasteiger partial charge < -0.3 is 49.8 Å². The second kappa shape index (κ2) is 24.1. The van der Waals surface area contributed by atoms with Crippen LogP contribution in [0.1, 0.15) is 91.5 Å². The number of carboxylic acids is 1. The van der Waals surface area contributed by atoms with Crippen LogP contribution in [0, 0.1) is 0 Å². The SMILES string of the molecule is CC[C@@H](C)N(CCNCCc1ccc(O)c2c1OCC(=O)N2)C(=O)CCOCCc1cccc(CCN2CCC3(CC2)CN(C(=O)c2csc(C(C)C)n2)CCO3)c1.O=C(O)C(F)(F)F. The van der Waals surface area contributed by atoms with Crippen molar-refractivity contribution in [1.29, 1.82) is 0 Å². The molecule has 0 bridgehead atoms. The second-order valence-electron chi connectivity index (χ2n) is 16.9. The molecule has 3 aliphatic rings. The maximum Gasteiger partial charge on any atom is 0.490 e. The topological polar surface area (TPSA) is 183 Å². The molecule has 4 N–H and O–H groups in total. The van der Waals surface area contributed by atoms with E-state index >= 15 is 0 Å². The van der Waals surface area contributed by atoms with Crippen LogP contribution in [0.4, 0.5) is 18.9 Å². The van der Waals surface area contributed by atoms with Crippen molar-refractivity contribution in [2.24, 2.45) is 0 Å². The van der Waals surface area contributed by atoms with Crippen LogP contribution in [0.3, 0.4) is 0 Å². The number of carbonyl (C=O) groups excluding carboxylic acids is 3. The highest BCUT2D eigenvalue weighted by Crippen LogP contribution is 2.39. The summed E-state index contributed by atoms with van der Waals surface area (Å²) in [5.41, 5.74) is 4.06. The number of alkyl halides is 3. The van der Waals surface area contributed by atoms with E-state index < -0.39 is 12.1 Å². The number of rotatable bonds is 19. The van der Waals surface area contributed by atoms with Crippen LogP contribution in [0.15, 0.2) is 41.8 Å². The maximum atomic E-state index is 13.3. The van der Waals surface area contributed by atoms with Crippen LogP contribution in [-0.2, 0) is 43.1 Å². The van der Waals surface area contributed by atoms with E-state index in [0.29, 0.717) is 88.4 Å². The molecular formula is C46H63F3N6O9S. The molecule has 3 aromatic rings. The van der Waals surface area contributed by atoms with E-state index in [9.17, 15) is 32.7 Å². The number of ether oxygens (including phenoxy) is 3. The number of carboxylic acid groups (broad SMARTS) is 1. The lowest BCUT2D eigenvalue weighted by molar-refractivity contribution is -0.192. The van der Waals surface area contributed by atoms with E-state index in [0.717, 1.165) is 62.3 Å². The number of nitrogens with zero attached hydrogens (tertiary/aromatic N) is 4. The van der Waals surface area contributed by atoms with E-state index in [1.165, 1.54) is 11.1 Å². The lowest BCUT2D eigenvalue weighted by atomic mass is 9.89. The van der Waals surface area contributed by atoms with Gasteiger partial charge in [0.25, 0.3) is 11.8 Å². The molecule has 4 heterocycles. The molecular weight excluding hydrogens is 870 g/mol. The Kier molecular flexibility index (Phi) is 19.0. The summed E-state index contributed by atoms with van der Waals surface area (Å²) in [5.74, 6) is -2.11. The largest absolute Gasteiger partial charge is 0.506 e. The van der Waals surface area contributed by atoms with Crippen molar-refractivity contribution in [3.05, 3.63) is 69.2 Å². The Labute approximate surface area is 382 Å². The molecule has 1 aromatic heterocycles. The number of benzene rings is 2. The van der Waals surface area contributed by atoms with Crippen molar-refractivity contribution in [3.63, 3.8) is 0 Å². The highest BCUT2D eigenvalue weighted by Gasteiger charge is 2.41. The number of piperidine rings is 1. The highest BCUT2D eigenvalue weighted by molar-refractivity contribution is 7.09. The van der Waals surface area contributed by atoms with Crippen molar-refractivity contribution in [2.75, 3.05) is 84.1 Å². The number of phenols is 1. The first kappa shape index (κ1) is 51.2. The van der Waals surface area contributed by atoms with Gasteiger partial charge in [0, 0.05) is 56.6 Å². The quantitative estimate of drug-likeness (QED) is 0.0828. The van der Waals surface area contributed by atoms with Crippen LogP contribution in [-0.4, -0.2) is 150 Å². The molecule has 0 saturated carbocycles. The molecule has 3 aliphatic heterocycles. The summed E-state index contributed by atoms with van der Waals surface area (Å²) in [4.78, 5) is 58.1. The first-order valence-corrected chi connectivity index (χ1v) is 23.2. The van der Waals surface area contributed by atoms with E-state index in [4.69, 9.17) is 24.1 Å². The Hall–Kier alpha value is -4.82. The maximum absolute atomic E-state index is 13.3. The second-order valence-corrected chi connectivity index (χ2v) is 17.8. The summed E-state index contributed by atoms with van der Waals surface area (Å²) in [7, 11) is 0. The van der Waals surface area contributed by atoms with Crippen molar-refractivity contribution >= 4 is 40.7 Å². The van der Waals surface area contributed by atoms with Crippen LogP contribution in [0.25, 0.3) is 0 Å². The lowest BCUT2D eigenvalue weighted by Gasteiger charge is -2.47. The molecule has 15 nitrogen and oxygen atoms in total. The molecule has 19 heteroatoms. The average Bonchev–Trinajstić information content (AvgIpc) is 3.79. The Bertz CT molecular complexity index is 2060. The average molecular weight is 933 g/mol. The van der Waals surface area contributed by atoms with E-state index in [1.54, 1.807) is 17.4 Å². The zero-order valence-electron chi connectivity index (χ0n) is 37.7. The number of nitrogens with one attached hydrogen (secondary N) is 2. The highest BCUT2D eigenvalue weighted by atomic mass is 32.1. The number of morpholine rings is 1. The molecule has 6 rings (SSSR count). The number of fused-ring (bicyclic) bond motifs is 1. The summed E-state index contributed by atoms with van der Waals surface area (Å²) in [6, 6.07) is 12.2. The molecule has 1 spiro atoms. The standard InChI is InChI=1S/C44H62N6O7S.C2HF3O2/c1-5-32(4)50(22-18-45-17-11-35-9-10-37(51)40-41(35)56-28-38(52)47-40)39(53)14-25-55-24-13-34-8-6-7-33(27-34)12-19-48-20-15-44(16-21-48)30-49(23-26-57-44)43(54)36-29-58-42(46-36)31(2)3;3-2(4,5)1(6)7/h6-10,27,29,31-32,45,51H,5,11-26,28,30H2,1-4H3,(H,47,52);(H,6,7)/t32-;/m1./s1. The Balaban J connectivity index is 0.00000105. The van der Waals surface area contributed by atoms with Gasteiger partial charge in [-0.05, 0) is 74.8 Å². The number of aromatic nitrogens is 1. The first-order valence-electron chi connectivity index (χ1n) is 22.3. The number of likely N-dealkylation sites (tertiary alicyclic amines) is 1. The predicted molar refractivity (Wildman–Crippen MR) is 240 cm³/mol. The van der Waals surface area contributed by atoms with E-state index in [2.05, 4.69) is 72.5 Å². The fourth-order valence-corrected chi connectivity index (χ4v) is 8.72. The van der Waals surface area contributed by atoms with Gasteiger partial charge in [0.15, 0.2) is 12.4 Å². The fourth-order valence-electron chi connectivity index (χ4n) is 7.91. The minimum absolute atomic E-state index is 0.0115. The van der Waals surface area contributed by atoms with E-state index in [-0.39, 0.29) is 41.7 Å². The number of anilines is 1. The zero-order valence-corrected chi connectivity index (χ0v) is 38.5. The fraction of sp³-hybridized carbons (Fsp3) is 0.587. The number of aromatic hydroxyl groups is 1. The predicted octanol–water partition coefficient (Wildman–Crippen LogP) is 5.89. The summed E-state index contributed by atoms with van der Waals surface area (Å²) < 4.78 is 49.6. The third-order valence-electron chi connectivity index (χ3n) is 11.9. The number of halogens is 3. The summed E-state index contributed by atoms with van der Waals surface area (Å²) in [6.45, 7) is 15.9. The van der Waals surface area contributed by atoms with Crippen molar-refractivity contribution in [1.82, 2.24) is 25.0 Å². The Morgan fingerprint density at radius 3 is 2.45 bits per heavy atom. The zero-order chi connectivity index (χ0) is 47.1. The van der Waals surface area contributed by atoms with Crippen molar-refractivity contribution < 1.29 is 56.8 Å². The number of thiazole rings is 1. The van der Waals surface area contributed by atoms with Crippen LogP contribution in [0.2, 0.25) is 0 Å². The normalized spacial score (nSPS) is 16.6. The van der Waals surface area contributed by atoms with Gasteiger partial charge in [-0.3, -0.25) is 14.4 Å². The van der Waals surface area contributed by atoms with E-state index in [1.807, 2.05) is 21.2 Å².